The van der Waals surface area contributed by atoms with Crippen molar-refractivity contribution in [3.63, 3.8) is 0 Å². The molecule has 0 bridgehead atoms. The summed E-state index contributed by atoms with van der Waals surface area (Å²) in [6.07, 6.45) is 5.35. The number of amides is 2. The number of rotatable bonds is 2. The number of piperidine rings is 1. The first kappa shape index (κ1) is 13.3. The van der Waals surface area contributed by atoms with Gasteiger partial charge in [0.15, 0.2) is 0 Å². The van der Waals surface area contributed by atoms with E-state index in [-0.39, 0.29) is 17.2 Å². The van der Waals surface area contributed by atoms with Gasteiger partial charge in [-0.1, -0.05) is 25.0 Å². The second-order valence-corrected chi connectivity index (χ2v) is 6.05. The molecule has 0 aromatic heterocycles. The standard InChI is InChI=1S/C16H20N2O2/c17-11-12-3-5-13(6-4-12)18-14(19)9-16(10-15(18)20)7-1-2-8-16/h3-6H,1-2,7-11,17H2. The zero-order valence-corrected chi connectivity index (χ0v) is 11.6. The summed E-state index contributed by atoms with van der Waals surface area (Å²) in [5, 5.41) is 0. The van der Waals surface area contributed by atoms with E-state index in [1.165, 1.54) is 4.90 Å². The topological polar surface area (TPSA) is 63.4 Å². The Balaban J connectivity index is 1.83. The monoisotopic (exact) mass is 272 g/mol. The van der Waals surface area contributed by atoms with Crippen molar-refractivity contribution in [3.8, 4) is 0 Å². The van der Waals surface area contributed by atoms with Crippen LogP contribution in [-0.4, -0.2) is 11.8 Å². The van der Waals surface area contributed by atoms with Crippen molar-refractivity contribution in [2.45, 2.75) is 45.1 Å². The van der Waals surface area contributed by atoms with Crippen LogP contribution in [0.4, 0.5) is 5.69 Å². The number of carbonyl (C=O) groups excluding carboxylic acids is 2. The van der Waals surface area contributed by atoms with Gasteiger partial charge in [0.05, 0.1) is 5.69 Å². The Morgan fingerprint density at radius 1 is 1.00 bits per heavy atom. The van der Waals surface area contributed by atoms with Crippen molar-refractivity contribution >= 4 is 17.5 Å². The van der Waals surface area contributed by atoms with Gasteiger partial charge in [-0.2, -0.15) is 0 Å². The molecule has 0 unspecified atom stereocenters. The minimum Gasteiger partial charge on any atom is -0.326 e. The number of hydrogen-bond donors (Lipinski definition) is 1. The highest BCUT2D eigenvalue weighted by atomic mass is 16.2. The third kappa shape index (κ3) is 2.24. The van der Waals surface area contributed by atoms with Crippen LogP contribution in [0.3, 0.4) is 0 Å². The average Bonchev–Trinajstić information content (AvgIpc) is 2.86. The summed E-state index contributed by atoms with van der Waals surface area (Å²) < 4.78 is 0. The molecule has 1 aromatic rings. The average molecular weight is 272 g/mol. The van der Waals surface area contributed by atoms with Crippen LogP contribution in [0.1, 0.15) is 44.1 Å². The molecule has 1 saturated heterocycles. The van der Waals surface area contributed by atoms with E-state index in [1.807, 2.05) is 24.3 Å². The molecule has 4 heteroatoms. The van der Waals surface area contributed by atoms with Crippen LogP contribution in [0.5, 0.6) is 0 Å². The summed E-state index contributed by atoms with van der Waals surface area (Å²) in [5.41, 5.74) is 7.19. The lowest BCUT2D eigenvalue weighted by molar-refractivity contribution is -0.133. The molecule has 2 amide bonds. The Bertz CT molecular complexity index is 510. The number of imide groups is 1. The summed E-state index contributed by atoms with van der Waals surface area (Å²) >= 11 is 0. The minimum absolute atomic E-state index is 0.0398. The molecular weight excluding hydrogens is 252 g/mol. The van der Waals surface area contributed by atoms with Crippen molar-refractivity contribution in [1.82, 2.24) is 0 Å². The lowest BCUT2D eigenvalue weighted by atomic mass is 9.76. The first-order chi connectivity index (χ1) is 9.63. The Hall–Kier alpha value is -1.68. The maximum Gasteiger partial charge on any atom is 0.234 e. The van der Waals surface area contributed by atoms with Gasteiger partial charge in [-0.05, 0) is 36.0 Å². The molecule has 1 heterocycles. The molecular formula is C16H20N2O2. The fourth-order valence-electron chi connectivity index (χ4n) is 3.55. The number of anilines is 1. The third-order valence-electron chi connectivity index (χ3n) is 4.65. The van der Waals surface area contributed by atoms with Crippen molar-refractivity contribution in [2.24, 2.45) is 11.1 Å². The third-order valence-corrected chi connectivity index (χ3v) is 4.65. The second-order valence-electron chi connectivity index (χ2n) is 6.05. The zero-order chi connectivity index (χ0) is 14.2. The number of nitrogens with zero attached hydrogens (tertiary/aromatic N) is 1. The van der Waals surface area contributed by atoms with Crippen LogP contribution >= 0.6 is 0 Å². The first-order valence-electron chi connectivity index (χ1n) is 7.28. The normalized spacial score (nSPS) is 21.8. The molecule has 1 aliphatic heterocycles. The minimum atomic E-state index is -0.0522. The quantitative estimate of drug-likeness (QED) is 0.841. The predicted octanol–water partition coefficient (Wildman–Crippen LogP) is 2.36. The van der Waals surface area contributed by atoms with Crippen LogP contribution in [0.2, 0.25) is 0 Å². The van der Waals surface area contributed by atoms with Crippen molar-refractivity contribution in [1.29, 1.82) is 0 Å². The van der Waals surface area contributed by atoms with Gasteiger partial charge in [0.1, 0.15) is 0 Å². The van der Waals surface area contributed by atoms with E-state index in [0.717, 1.165) is 31.2 Å². The number of nitrogens with two attached hydrogens (primary N) is 1. The van der Waals surface area contributed by atoms with Gasteiger partial charge in [0.2, 0.25) is 11.8 Å². The molecule has 4 nitrogen and oxygen atoms in total. The van der Waals surface area contributed by atoms with Gasteiger partial charge in [-0.25, -0.2) is 0 Å². The van der Waals surface area contributed by atoms with E-state index in [4.69, 9.17) is 5.73 Å². The molecule has 20 heavy (non-hydrogen) atoms. The zero-order valence-electron chi connectivity index (χ0n) is 11.6. The number of benzene rings is 1. The van der Waals surface area contributed by atoms with Crippen LogP contribution in [0.25, 0.3) is 0 Å². The highest BCUT2D eigenvalue weighted by Crippen LogP contribution is 2.47. The van der Waals surface area contributed by atoms with Gasteiger partial charge in [-0.15, -0.1) is 0 Å². The molecule has 1 spiro atoms. The van der Waals surface area contributed by atoms with Crippen LogP contribution in [-0.2, 0) is 16.1 Å². The highest BCUT2D eigenvalue weighted by molar-refractivity contribution is 6.17. The molecule has 0 atom stereocenters. The van der Waals surface area contributed by atoms with E-state index in [0.29, 0.717) is 25.1 Å². The van der Waals surface area contributed by atoms with Gasteiger partial charge in [-0.3, -0.25) is 14.5 Å². The van der Waals surface area contributed by atoms with E-state index in [1.54, 1.807) is 0 Å². The largest absolute Gasteiger partial charge is 0.326 e. The summed E-state index contributed by atoms with van der Waals surface area (Å²) in [5.74, 6) is -0.104. The summed E-state index contributed by atoms with van der Waals surface area (Å²) in [6.45, 7) is 0.464. The highest BCUT2D eigenvalue weighted by Gasteiger charge is 2.45. The van der Waals surface area contributed by atoms with Gasteiger partial charge in [0, 0.05) is 19.4 Å². The van der Waals surface area contributed by atoms with E-state index in [9.17, 15) is 9.59 Å². The maximum absolute atomic E-state index is 12.4. The molecule has 2 fully saturated rings. The lowest BCUT2D eigenvalue weighted by Gasteiger charge is -2.37. The molecule has 0 radical (unpaired) electrons. The molecule has 1 aliphatic carbocycles. The van der Waals surface area contributed by atoms with E-state index in [2.05, 4.69) is 0 Å². The summed E-state index contributed by atoms with van der Waals surface area (Å²) in [6, 6.07) is 7.36. The first-order valence-corrected chi connectivity index (χ1v) is 7.28. The summed E-state index contributed by atoms with van der Waals surface area (Å²) in [7, 11) is 0. The SMILES string of the molecule is NCc1ccc(N2C(=O)CC3(CCCC3)CC2=O)cc1. The molecule has 1 saturated carbocycles. The Kier molecular flexibility index (Phi) is 3.34. The van der Waals surface area contributed by atoms with Gasteiger partial charge in [0.25, 0.3) is 0 Å². The maximum atomic E-state index is 12.4. The Labute approximate surface area is 118 Å². The lowest BCUT2D eigenvalue weighted by Crippen LogP contribution is -2.47. The number of hydrogen-bond acceptors (Lipinski definition) is 3. The fraction of sp³-hybridized carbons (Fsp3) is 0.500. The molecule has 2 aliphatic rings. The van der Waals surface area contributed by atoms with Crippen molar-refractivity contribution < 1.29 is 9.59 Å². The molecule has 106 valence electrons. The fourth-order valence-corrected chi connectivity index (χ4v) is 3.55. The summed E-state index contributed by atoms with van der Waals surface area (Å²) in [4.78, 5) is 26.2. The Morgan fingerprint density at radius 2 is 1.55 bits per heavy atom. The van der Waals surface area contributed by atoms with Crippen LogP contribution < -0.4 is 10.6 Å². The number of carbonyl (C=O) groups is 2. The van der Waals surface area contributed by atoms with E-state index < -0.39 is 0 Å². The van der Waals surface area contributed by atoms with Gasteiger partial charge < -0.3 is 5.73 Å². The smallest absolute Gasteiger partial charge is 0.234 e. The van der Waals surface area contributed by atoms with Gasteiger partial charge >= 0.3 is 0 Å². The molecule has 3 rings (SSSR count). The predicted molar refractivity (Wildman–Crippen MR) is 77.0 cm³/mol. The van der Waals surface area contributed by atoms with Crippen molar-refractivity contribution in [2.75, 3.05) is 4.90 Å². The molecule has 1 aromatic carbocycles. The van der Waals surface area contributed by atoms with Crippen molar-refractivity contribution in [3.05, 3.63) is 29.8 Å². The van der Waals surface area contributed by atoms with Crippen LogP contribution in [0, 0.1) is 5.41 Å². The molecule has 2 N–H and O–H groups in total. The Morgan fingerprint density at radius 3 is 2.05 bits per heavy atom. The second kappa shape index (κ2) is 5.02. The van der Waals surface area contributed by atoms with Crippen LogP contribution in [0.15, 0.2) is 24.3 Å². The van der Waals surface area contributed by atoms with E-state index >= 15 is 0 Å².